The number of rotatable bonds is 7. The predicted octanol–water partition coefficient (Wildman–Crippen LogP) is 3.99. The van der Waals surface area contributed by atoms with Crippen molar-refractivity contribution in [1.29, 1.82) is 0 Å². The van der Waals surface area contributed by atoms with Gasteiger partial charge in [0, 0.05) is 11.5 Å². The molecule has 0 aliphatic carbocycles. The van der Waals surface area contributed by atoms with Gasteiger partial charge in [-0.1, -0.05) is 37.3 Å². The third-order valence-electron chi connectivity index (χ3n) is 4.71. The molecule has 2 rings (SSSR count). The van der Waals surface area contributed by atoms with Crippen LogP contribution in [-0.4, -0.2) is 23.3 Å². The summed E-state index contributed by atoms with van der Waals surface area (Å²) in [5, 5.41) is 11.5. The molecule has 0 spiro atoms. The molecule has 1 unspecified atom stereocenters. The lowest BCUT2D eigenvalue weighted by molar-refractivity contribution is -0.148. The van der Waals surface area contributed by atoms with Gasteiger partial charge < -0.3 is 10.4 Å². The van der Waals surface area contributed by atoms with Crippen LogP contribution < -0.4 is 5.32 Å². The summed E-state index contributed by atoms with van der Waals surface area (Å²) in [7, 11) is 0. The molecule has 0 saturated heterocycles. The summed E-state index contributed by atoms with van der Waals surface area (Å²) in [6.45, 7) is 4.63. The van der Waals surface area contributed by atoms with E-state index < -0.39 is 23.1 Å². The van der Waals surface area contributed by atoms with Crippen LogP contribution in [0.25, 0.3) is 11.1 Å². The highest BCUT2D eigenvalue weighted by Crippen LogP contribution is 2.31. The van der Waals surface area contributed by atoms with Crippen LogP contribution in [0.3, 0.4) is 0 Å². The van der Waals surface area contributed by atoms with E-state index in [2.05, 4.69) is 5.32 Å². The third-order valence-corrected chi connectivity index (χ3v) is 4.71. The summed E-state index contributed by atoms with van der Waals surface area (Å²) >= 11 is 0. The van der Waals surface area contributed by atoms with Gasteiger partial charge in [0.05, 0.1) is 11.1 Å². The number of aliphatic carboxylic acids is 1. The summed E-state index contributed by atoms with van der Waals surface area (Å²) in [6.07, 6.45) is 0.401. The molecule has 0 aliphatic heterocycles. The first-order chi connectivity index (χ1) is 12.2. The Balaban J connectivity index is 2.25. The number of Topliss-reactive ketones (excluding diaryl/α,β-unsaturated/α-hetero) is 1. The summed E-state index contributed by atoms with van der Waals surface area (Å²) < 4.78 is 13.9. The van der Waals surface area contributed by atoms with Gasteiger partial charge in [-0.15, -0.1) is 0 Å². The van der Waals surface area contributed by atoms with E-state index in [1.165, 1.54) is 26.0 Å². The fourth-order valence-corrected chi connectivity index (χ4v) is 2.47. The van der Waals surface area contributed by atoms with E-state index >= 15 is 0 Å². The molecule has 2 aromatic carbocycles. The molecule has 26 heavy (non-hydrogen) atoms. The summed E-state index contributed by atoms with van der Waals surface area (Å²) in [6, 6.07) is 10.9. The van der Waals surface area contributed by atoms with E-state index in [0.717, 1.165) is 0 Å². The summed E-state index contributed by atoms with van der Waals surface area (Å²) in [5.41, 5.74) is 0.594. The van der Waals surface area contributed by atoms with Crippen molar-refractivity contribution in [2.45, 2.75) is 20.8 Å². The maximum atomic E-state index is 13.9. The predicted molar refractivity (Wildman–Crippen MR) is 96.4 cm³/mol. The maximum Gasteiger partial charge on any atom is 0.309 e. The van der Waals surface area contributed by atoms with Crippen molar-refractivity contribution in [3.8, 4) is 11.1 Å². The summed E-state index contributed by atoms with van der Waals surface area (Å²) in [4.78, 5) is 34.3. The van der Waals surface area contributed by atoms with Gasteiger partial charge in [0.25, 0.3) is 0 Å². The number of halogens is 1. The van der Waals surface area contributed by atoms with E-state index in [1.807, 2.05) is 0 Å². The largest absolute Gasteiger partial charge is 0.481 e. The van der Waals surface area contributed by atoms with Crippen LogP contribution in [0.5, 0.6) is 0 Å². The third kappa shape index (κ3) is 3.79. The number of benzene rings is 2. The number of hydrogen-bond acceptors (Lipinski definition) is 3. The van der Waals surface area contributed by atoms with E-state index in [9.17, 15) is 23.9 Å². The molecule has 136 valence electrons. The Hall–Kier alpha value is -3.02. The van der Waals surface area contributed by atoms with Gasteiger partial charge in [-0.25, -0.2) is 4.39 Å². The number of nitrogens with one attached hydrogen (secondary N) is 1. The zero-order valence-corrected chi connectivity index (χ0v) is 14.7. The Morgan fingerprint density at radius 3 is 2.19 bits per heavy atom. The first-order valence-electron chi connectivity index (χ1n) is 8.06. The molecule has 0 heterocycles. The number of amides is 1. The van der Waals surface area contributed by atoms with Crippen molar-refractivity contribution in [1.82, 2.24) is 0 Å². The van der Waals surface area contributed by atoms with Crippen molar-refractivity contribution >= 4 is 23.9 Å². The Morgan fingerprint density at radius 2 is 1.69 bits per heavy atom. The zero-order chi connectivity index (χ0) is 19.5. The molecule has 0 fully saturated rings. The standard InChI is InChI=1S/C20H20FNO4/c1-12(20(2,3)19(25)26)18(24)14-6-4-13(5-7-14)15-8-9-17(22-11-23)16(21)10-15/h4-12H,1-3H3,(H,22,23)(H,25,26). The molecule has 6 heteroatoms. The Kier molecular flexibility index (Phi) is 5.55. The van der Waals surface area contributed by atoms with Gasteiger partial charge >= 0.3 is 5.97 Å². The van der Waals surface area contributed by atoms with Crippen LogP contribution in [0.4, 0.5) is 10.1 Å². The molecule has 1 atom stereocenters. The Labute approximate surface area is 150 Å². The highest BCUT2D eigenvalue weighted by Gasteiger charge is 2.38. The van der Waals surface area contributed by atoms with Crippen molar-refractivity contribution in [2.24, 2.45) is 11.3 Å². The van der Waals surface area contributed by atoms with Crippen LogP contribution >= 0.6 is 0 Å². The minimum Gasteiger partial charge on any atom is -0.481 e. The molecule has 2 aromatic rings. The highest BCUT2D eigenvalue weighted by molar-refractivity contribution is 6.00. The number of ketones is 1. The van der Waals surface area contributed by atoms with E-state index in [4.69, 9.17) is 0 Å². The SMILES string of the molecule is CC(C(=O)c1ccc(-c2ccc(NC=O)c(F)c2)cc1)C(C)(C)C(=O)O. The van der Waals surface area contributed by atoms with Crippen molar-refractivity contribution in [3.05, 3.63) is 53.8 Å². The lowest BCUT2D eigenvalue weighted by atomic mass is 9.76. The van der Waals surface area contributed by atoms with Gasteiger partial charge in [-0.2, -0.15) is 0 Å². The molecule has 5 nitrogen and oxygen atoms in total. The lowest BCUT2D eigenvalue weighted by Gasteiger charge is -2.26. The molecule has 0 bridgehead atoms. The minimum atomic E-state index is -1.18. The topological polar surface area (TPSA) is 83.5 Å². The van der Waals surface area contributed by atoms with Gasteiger partial charge in [0.1, 0.15) is 5.82 Å². The van der Waals surface area contributed by atoms with Gasteiger partial charge in [0.15, 0.2) is 5.78 Å². The number of carbonyl (C=O) groups excluding carboxylic acids is 2. The number of carboxylic acids is 1. The fourth-order valence-electron chi connectivity index (χ4n) is 2.47. The van der Waals surface area contributed by atoms with Crippen molar-refractivity contribution < 1.29 is 23.9 Å². The Bertz CT molecular complexity index is 843. The van der Waals surface area contributed by atoms with Crippen molar-refractivity contribution in [2.75, 3.05) is 5.32 Å². The number of hydrogen-bond donors (Lipinski definition) is 2. The molecule has 1 amide bonds. The number of anilines is 1. The fraction of sp³-hybridized carbons (Fsp3) is 0.250. The van der Waals surface area contributed by atoms with Gasteiger partial charge in [-0.05, 0) is 37.1 Å². The molecule has 0 aromatic heterocycles. The number of carboxylic acid groups (broad SMARTS) is 1. The van der Waals surface area contributed by atoms with Crippen LogP contribution in [0.1, 0.15) is 31.1 Å². The van der Waals surface area contributed by atoms with Gasteiger partial charge in [0.2, 0.25) is 6.41 Å². The normalized spacial score (nSPS) is 12.3. The second-order valence-electron chi connectivity index (χ2n) is 6.65. The number of carbonyl (C=O) groups is 3. The van der Waals surface area contributed by atoms with Crippen LogP contribution in [0.15, 0.2) is 42.5 Å². The van der Waals surface area contributed by atoms with E-state index in [-0.39, 0.29) is 11.5 Å². The van der Waals surface area contributed by atoms with E-state index in [1.54, 1.807) is 37.3 Å². The molecular weight excluding hydrogens is 337 g/mol. The smallest absolute Gasteiger partial charge is 0.309 e. The Morgan fingerprint density at radius 1 is 1.12 bits per heavy atom. The van der Waals surface area contributed by atoms with Crippen LogP contribution in [0.2, 0.25) is 0 Å². The quantitative estimate of drug-likeness (QED) is 0.580. The van der Waals surface area contributed by atoms with Crippen LogP contribution in [-0.2, 0) is 9.59 Å². The molecule has 0 saturated carbocycles. The molecule has 2 N–H and O–H groups in total. The van der Waals surface area contributed by atoms with Gasteiger partial charge in [-0.3, -0.25) is 14.4 Å². The second-order valence-corrected chi connectivity index (χ2v) is 6.65. The maximum absolute atomic E-state index is 13.9. The molecular formula is C20H20FNO4. The minimum absolute atomic E-state index is 0.0836. The first kappa shape index (κ1) is 19.3. The van der Waals surface area contributed by atoms with Crippen molar-refractivity contribution in [3.63, 3.8) is 0 Å². The average molecular weight is 357 g/mol. The van der Waals surface area contributed by atoms with E-state index in [0.29, 0.717) is 23.1 Å². The molecule has 0 radical (unpaired) electrons. The average Bonchev–Trinajstić information content (AvgIpc) is 2.62. The highest BCUT2D eigenvalue weighted by atomic mass is 19.1. The second kappa shape index (κ2) is 7.47. The molecule has 0 aliphatic rings. The van der Waals surface area contributed by atoms with Crippen LogP contribution in [0, 0.1) is 17.2 Å². The lowest BCUT2D eigenvalue weighted by Crippen LogP contribution is -2.36. The monoisotopic (exact) mass is 357 g/mol. The zero-order valence-electron chi connectivity index (χ0n) is 14.7. The first-order valence-corrected chi connectivity index (χ1v) is 8.06. The summed E-state index contributed by atoms with van der Waals surface area (Å²) in [5.74, 6) is -2.56.